The molecule has 0 saturated heterocycles. The van der Waals surface area contributed by atoms with Crippen LogP contribution in [-0.4, -0.2) is 23.5 Å². The smallest absolute Gasteiger partial charge is 0.0636 e. The van der Waals surface area contributed by atoms with Gasteiger partial charge in [0.05, 0.1) is 6.10 Å². The lowest BCUT2D eigenvalue weighted by atomic mass is 10.0. The Hall–Kier alpha value is -0.0300. The average molecular weight is 302 g/mol. The van der Waals surface area contributed by atoms with Gasteiger partial charge in [0.25, 0.3) is 0 Å². The topological polar surface area (TPSA) is 32.3 Å². The number of aliphatic hydroxyl groups excluding tert-OH is 1. The molecule has 1 aliphatic rings. The van der Waals surface area contributed by atoms with Gasteiger partial charge in [-0.3, -0.25) is 0 Å². The molecule has 1 unspecified atom stereocenters. The lowest BCUT2D eigenvalue weighted by Gasteiger charge is -2.26. The number of hydrogen-bond donors (Lipinski definition) is 2. The van der Waals surface area contributed by atoms with Crippen molar-refractivity contribution in [3.05, 3.63) is 28.2 Å². The first kappa shape index (κ1) is 12.4. The van der Waals surface area contributed by atoms with Gasteiger partial charge in [-0.05, 0) is 42.9 Å². The minimum Gasteiger partial charge on any atom is -0.392 e. The van der Waals surface area contributed by atoms with E-state index in [4.69, 9.17) is 0 Å². The molecule has 16 heavy (non-hydrogen) atoms. The van der Waals surface area contributed by atoms with E-state index in [9.17, 15) is 5.11 Å². The molecule has 1 aromatic carbocycles. The van der Waals surface area contributed by atoms with Crippen LogP contribution in [0.2, 0.25) is 0 Å². The first-order valence-electron chi connectivity index (χ1n) is 5.50. The Kier molecular flexibility index (Phi) is 4.30. The summed E-state index contributed by atoms with van der Waals surface area (Å²) in [5, 5.41) is 12.7. The fraction of sp³-hybridized carbons (Fsp3) is 0.500. The molecule has 0 saturated carbocycles. The SMILES string of the molecule is C[C@@H](O)CNC1CCSc2ccc(Br)cc21. The van der Waals surface area contributed by atoms with Crippen LogP contribution < -0.4 is 5.32 Å². The molecule has 2 atom stereocenters. The van der Waals surface area contributed by atoms with Gasteiger partial charge in [-0.2, -0.15) is 0 Å². The summed E-state index contributed by atoms with van der Waals surface area (Å²) in [6.07, 6.45) is 0.839. The van der Waals surface area contributed by atoms with Crippen LogP contribution in [0.3, 0.4) is 0 Å². The zero-order valence-electron chi connectivity index (χ0n) is 9.24. The van der Waals surface area contributed by atoms with Crippen molar-refractivity contribution in [1.82, 2.24) is 5.32 Å². The Labute approximate surface area is 109 Å². The Morgan fingerprint density at radius 1 is 1.62 bits per heavy atom. The van der Waals surface area contributed by atoms with Crippen LogP contribution in [0.1, 0.15) is 24.9 Å². The van der Waals surface area contributed by atoms with Crippen molar-refractivity contribution < 1.29 is 5.11 Å². The van der Waals surface area contributed by atoms with E-state index in [1.54, 1.807) is 0 Å². The molecule has 0 radical (unpaired) electrons. The maximum atomic E-state index is 9.31. The molecule has 0 spiro atoms. The molecule has 2 nitrogen and oxygen atoms in total. The Bertz CT molecular complexity index is 370. The van der Waals surface area contributed by atoms with Crippen LogP contribution in [0.25, 0.3) is 0 Å². The third-order valence-electron chi connectivity index (χ3n) is 2.67. The van der Waals surface area contributed by atoms with Gasteiger partial charge in [0, 0.05) is 22.0 Å². The summed E-state index contributed by atoms with van der Waals surface area (Å²) >= 11 is 5.42. The lowest BCUT2D eigenvalue weighted by Crippen LogP contribution is -2.30. The van der Waals surface area contributed by atoms with Crippen molar-refractivity contribution in [3.63, 3.8) is 0 Å². The highest BCUT2D eigenvalue weighted by atomic mass is 79.9. The van der Waals surface area contributed by atoms with Gasteiger partial charge in [0.2, 0.25) is 0 Å². The van der Waals surface area contributed by atoms with E-state index in [1.165, 1.54) is 10.5 Å². The van der Waals surface area contributed by atoms with E-state index in [-0.39, 0.29) is 6.10 Å². The van der Waals surface area contributed by atoms with Crippen LogP contribution in [0, 0.1) is 0 Å². The molecular formula is C12H16BrNOS. The van der Waals surface area contributed by atoms with Gasteiger partial charge in [0.15, 0.2) is 0 Å². The number of thioether (sulfide) groups is 1. The number of fused-ring (bicyclic) bond motifs is 1. The average Bonchev–Trinajstić information content (AvgIpc) is 2.26. The molecule has 1 aliphatic heterocycles. The molecule has 0 amide bonds. The highest BCUT2D eigenvalue weighted by Crippen LogP contribution is 2.37. The van der Waals surface area contributed by atoms with Crippen LogP contribution in [0.15, 0.2) is 27.6 Å². The van der Waals surface area contributed by atoms with E-state index in [1.807, 2.05) is 18.7 Å². The summed E-state index contributed by atoms with van der Waals surface area (Å²) in [7, 11) is 0. The molecular weight excluding hydrogens is 286 g/mol. The number of hydrogen-bond acceptors (Lipinski definition) is 3. The Balaban J connectivity index is 2.15. The molecule has 1 aromatic rings. The molecule has 0 fully saturated rings. The highest BCUT2D eigenvalue weighted by molar-refractivity contribution is 9.10. The second kappa shape index (κ2) is 5.54. The second-order valence-corrected chi connectivity index (χ2v) is 6.18. The summed E-state index contributed by atoms with van der Waals surface area (Å²) in [4.78, 5) is 1.36. The number of halogens is 1. The Morgan fingerprint density at radius 2 is 2.44 bits per heavy atom. The highest BCUT2D eigenvalue weighted by Gasteiger charge is 2.20. The molecule has 4 heteroatoms. The minimum atomic E-state index is -0.287. The van der Waals surface area contributed by atoms with Crippen LogP contribution in [0.4, 0.5) is 0 Å². The molecule has 1 heterocycles. The summed E-state index contributed by atoms with van der Waals surface area (Å²) in [5.74, 6) is 1.14. The quantitative estimate of drug-likeness (QED) is 0.900. The summed E-state index contributed by atoms with van der Waals surface area (Å²) in [5.41, 5.74) is 1.35. The van der Waals surface area contributed by atoms with E-state index in [0.29, 0.717) is 12.6 Å². The zero-order valence-corrected chi connectivity index (χ0v) is 11.6. The first-order valence-corrected chi connectivity index (χ1v) is 7.28. The van der Waals surface area contributed by atoms with E-state index in [2.05, 4.69) is 39.4 Å². The molecule has 0 aliphatic carbocycles. The molecule has 0 aromatic heterocycles. The van der Waals surface area contributed by atoms with Crippen molar-refractivity contribution in [1.29, 1.82) is 0 Å². The summed E-state index contributed by atoms with van der Waals surface area (Å²) < 4.78 is 1.12. The molecule has 0 bridgehead atoms. The normalized spacial score (nSPS) is 21.6. The Morgan fingerprint density at radius 3 is 3.19 bits per heavy atom. The van der Waals surface area contributed by atoms with Gasteiger partial charge in [-0.15, -0.1) is 11.8 Å². The third kappa shape index (κ3) is 3.00. The molecule has 2 N–H and O–H groups in total. The maximum absolute atomic E-state index is 9.31. The van der Waals surface area contributed by atoms with Gasteiger partial charge in [0.1, 0.15) is 0 Å². The molecule has 2 rings (SSSR count). The van der Waals surface area contributed by atoms with E-state index in [0.717, 1.165) is 16.6 Å². The van der Waals surface area contributed by atoms with Crippen LogP contribution >= 0.6 is 27.7 Å². The minimum absolute atomic E-state index is 0.287. The van der Waals surface area contributed by atoms with Gasteiger partial charge >= 0.3 is 0 Å². The van der Waals surface area contributed by atoms with Gasteiger partial charge in [-0.1, -0.05) is 15.9 Å². The standard InChI is InChI=1S/C12H16BrNOS/c1-8(15)7-14-11-4-5-16-12-3-2-9(13)6-10(11)12/h2-3,6,8,11,14-15H,4-5,7H2,1H3/t8-,11?/m1/s1. The van der Waals surface area contributed by atoms with Crippen molar-refractivity contribution in [2.24, 2.45) is 0 Å². The monoisotopic (exact) mass is 301 g/mol. The van der Waals surface area contributed by atoms with Gasteiger partial charge in [-0.25, -0.2) is 0 Å². The number of nitrogens with one attached hydrogen (secondary N) is 1. The van der Waals surface area contributed by atoms with Crippen molar-refractivity contribution in [2.75, 3.05) is 12.3 Å². The number of benzene rings is 1. The van der Waals surface area contributed by atoms with Crippen LogP contribution in [0.5, 0.6) is 0 Å². The number of rotatable bonds is 3. The fourth-order valence-corrected chi connectivity index (χ4v) is 3.37. The largest absolute Gasteiger partial charge is 0.392 e. The zero-order chi connectivity index (χ0) is 11.5. The third-order valence-corrected chi connectivity index (χ3v) is 4.29. The maximum Gasteiger partial charge on any atom is 0.0636 e. The van der Waals surface area contributed by atoms with Gasteiger partial charge < -0.3 is 10.4 Å². The lowest BCUT2D eigenvalue weighted by molar-refractivity contribution is 0.185. The van der Waals surface area contributed by atoms with Crippen LogP contribution in [-0.2, 0) is 0 Å². The predicted molar refractivity (Wildman–Crippen MR) is 71.9 cm³/mol. The fourth-order valence-electron chi connectivity index (χ4n) is 1.89. The molecule has 88 valence electrons. The summed E-state index contributed by atoms with van der Waals surface area (Å²) in [6.45, 7) is 2.47. The van der Waals surface area contributed by atoms with Crippen molar-refractivity contribution in [2.45, 2.75) is 30.4 Å². The summed E-state index contributed by atoms with van der Waals surface area (Å²) in [6, 6.07) is 6.81. The van der Waals surface area contributed by atoms with E-state index >= 15 is 0 Å². The van der Waals surface area contributed by atoms with Crippen molar-refractivity contribution >= 4 is 27.7 Å². The number of aliphatic hydroxyl groups is 1. The van der Waals surface area contributed by atoms with Crippen molar-refractivity contribution in [3.8, 4) is 0 Å². The first-order chi connectivity index (χ1) is 7.66. The second-order valence-electron chi connectivity index (χ2n) is 4.13. The predicted octanol–water partition coefficient (Wildman–Crippen LogP) is 2.96. The van der Waals surface area contributed by atoms with E-state index < -0.39 is 0 Å².